The van der Waals surface area contributed by atoms with Crippen molar-refractivity contribution in [3.05, 3.63) is 0 Å². The normalized spacial score (nSPS) is 34.0. The molecule has 5 nitrogen and oxygen atoms in total. The smallest absolute Gasteiger partial charge is 0.228 e. The van der Waals surface area contributed by atoms with Gasteiger partial charge in [-0.1, -0.05) is 6.92 Å². The molecule has 3 N–H and O–H groups in total. The number of carbonyl (C=O) groups is 1. The van der Waals surface area contributed by atoms with Crippen molar-refractivity contribution in [1.29, 1.82) is 0 Å². The summed E-state index contributed by atoms with van der Waals surface area (Å²) < 4.78 is 5.60. The van der Waals surface area contributed by atoms with Gasteiger partial charge in [-0.25, -0.2) is 0 Å². The first-order chi connectivity index (χ1) is 8.27. The molecular formula is C12H23N3O2. The second-order valence-electron chi connectivity index (χ2n) is 4.84. The topological polar surface area (TPSA) is 67.6 Å². The highest BCUT2D eigenvalue weighted by atomic mass is 16.5. The highest BCUT2D eigenvalue weighted by molar-refractivity contribution is 5.80. The summed E-state index contributed by atoms with van der Waals surface area (Å²) in [6.07, 6.45) is 1.88. The van der Waals surface area contributed by atoms with Crippen molar-refractivity contribution in [2.75, 3.05) is 32.8 Å². The summed E-state index contributed by atoms with van der Waals surface area (Å²) in [7, 11) is 0. The zero-order valence-electron chi connectivity index (χ0n) is 10.5. The number of piperazine rings is 1. The summed E-state index contributed by atoms with van der Waals surface area (Å²) in [5.74, 6) is 0.290. The Balaban J connectivity index is 2.02. The third-order valence-corrected chi connectivity index (χ3v) is 3.83. The van der Waals surface area contributed by atoms with E-state index < -0.39 is 0 Å². The molecule has 0 aromatic carbocycles. The number of nitrogens with zero attached hydrogens (tertiary/aromatic N) is 1. The molecule has 98 valence electrons. The molecule has 1 amide bonds. The van der Waals surface area contributed by atoms with E-state index in [4.69, 9.17) is 10.5 Å². The Morgan fingerprint density at radius 3 is 3.12 bits per heavy atom. The first kappa shape index (κ1) is 12.8. The maximum Gasteiger partial charge on any atom is 0.228 e. The standard InChI is InChI=1S/C12H23N3O2/c1-2-11-10(3-6-17-11)12(16)15-5-4-14-8-9(15)7-13/h9-11,14H,2-8,13H2,1H3. The van der Waals surface area contributed by atoms with Crippen LogP contribution in [0.15, 0.2) is 0 Å². The van der Waals surface area contributed by atoms with Gasteiger partial charge in [0.25, 0.3) is 0 Å². The van der Waals surface area contributed by atoms with Crippen LogP contribution in [0.2, 0.25) is 0 Å². The minimum atomic E-state index is 0.0483. The van der Waals surface area contributed by atoms with Gasteiger partial charge >= 0.3 is 0 Å². The van der Waals surface area contributed by atoms with Crippen molar-refractivity contribution >= 4 is 5.91 Å². The molecule has 3 atom stereocenters. The summed E-state index contributed by atoms with van der Waals surface area (Å²) in [4.78, 5) is 14.5. The van der Waals surface area contributed by atoms with Gasteiger partial charge in [0.15, 0.2) is 0 Å². The van der Waals surface area contributed by atoms with Crippen molar-refractivity contribution in [2.45, 2.75) is 31.9 Å². The van der Waals surface area contributed by atoms with Gasteiger partial charge in [-0.15, -0.1) is 0 Å². The molecular weight excluding hydrogens is 218 g/mol. The average molecular weight is 241 g/mol. The second kappa shape index (κ2) is 5.80. The molecule has 0 aromatic heterocycles. The van der Waals surface area contributed by atoms with E-state index >= 15 is 0 Å². The Morgan fingerprint density at radius 1 is 1.59 bits per heavy atom. The third kappa shape index (κ3) is 2.61. The highest BCUT2D eigenvalue weighted by Crippen LogP contribution is 2.26. The van der Waals surface area contributed by atoms with E-state index in [9.17, 15) is 4.79 Å². The molecule has 0 spiro atoms. The molecule has 2 aliphatic rings. The summed E-state index contributed by atoms with van der Waals surface area (Å²) in [6, 6.07) is 0.148. The zero-order valence-corrected chi connectivity index (χ0v) is 10.5. The molecule has 0 radical (unpaired) electrons. The lowest BCUT2D eigenvalue weighted by Crippen LogP contribution is -2.58. The van der Waals surface area contributed by atoms with E-state index in [0.29, 0.717) is 13.2 Å². The minimum absolute atomic E-state index is 0.0483. The Bertz CT molecular complexity index is 272. The average Bonchev–Trinajstić information content (AvgIpc) is 2.86. The lowest BCUT2D eigenvalue weighted by molar-refractivity contribution is -0.140. The predicted octanol–water partition coefficient (Wildman–Crippen LogP) is -0.439. The van der Waals surface area contributed by atoms with Gasteiger partial charge in [0.05, 0.1) is 18.1 Å². The fourth-order valence-corrected chi connectivity index (χ4v) is 2.81. The molecule has 2 heterocycles. The van der Waals surface area contributed by atoms with Gasteiger partial charge in [0.2, 0.25) is 5.91 Å². The van der Waals surface area contributed by atoms with Crippen LogP contribution in [-0.4, -0.2) is 55.7 Å². The van der Waals surface area contributed by atoms with Gasteiger partial charge in [-0.05, 0) is 12.8 Å². The van der Waals surface area contributed by atoms with Gasteiger partial charge in [0, 0.05) is 32.8 Å². The van der Waals surface area contributed by atoms with E-state index in [2.05, 4.69) is 12.2 Å². The van der Waals surface area contributed by atoms with Crippen molar-refractivity contribution < 1.29 is 9.53 Å². The van der Waals surface area contributed by atoms with E-state index in [1.807, 2.05) is 4.90 Å². The van der Waals surface area contributed by atoms with Crippen LogP contribution in [0.3, 0.4) is 0 Å². The molecule has 17 heavy (non-hydrogen) atoms. The Labute approximate surface area is 103 Å². The quantitative estimate of drug-likeness (QED) is 0.703. The van der Waals surface area contributed by atoms with Crippen LogP contribution < -0.4 is 11.1 Å². The number of nitrogens with one attached hydrogen (secondary N) is 1. The second-order valence-corrected chi connectivity index (χ2v) is 4.84. The van der Waals surface area contributed by atoms with E-state index in [0.717, 1.165) is 32.5 Å². The molecule has 0 aliphatic carbocycles. The Morgan fingerprint density at radius 2 is 2.41 bits per heavy atom. The molecule has 2 rings (SSSR count). The SMILES string of the molecule is CCC1OCCC1C(=O)N1CCNCC1CN. The van der Waals surface area contributed by atoms with Crippen molar-refractivity contribution in [1.82, 2.24) is 10.2 Å². The zero-order chi connectivity index (χ0) is 12.3. The van der Waals surface area contributed by atoms with Gasteiger partial charge in [0.1, 0.15) is 0 Å². The molecule has 0 bridgehead atoms. The Kier molecular flexibility index (Phi) is 4.36. The maximum atomic E-state index is 12.5. The number of amides is 1. The maximum absolute atomic E-state index is 12.5. The van der Waals surface area contributed by atoms with Gasteiger partial charge in [-0.2, -0.15) is 0 Å². The van der Waals surface area contributed by atoms with Crippen LogP contribution >= 0.6 is 0 Å². The fourth-order valence-electron chi connectivity index (χ4n) is 2.81. The lowest BCUT2D eigenvalue weighted by Gasteiger charge is -2.37. The molecule has 2 fully saturated rings. The van der Waals surface area contributed by atoms with Crippen LogP contribution in [0.1, 0.15) is 19.8 Å². The predicted molar refractivity (Wildman–Crippen MR) is 65.6 cm³/mol. The number of nitrogens with two attached hydrogens (primary N) is 1. The highest BCUT2D eigenvalue weighted by Gasteiger charge is 2.37. The van der Waals surface area contributed by atoms with Crippen molar-refractivity contribution in [2.24, 2.45) is 11.7 Å². The molecule has 2 saturated heterocycles. The first-order valence-corrected chi connectivity index (χ1v) is 6.60. The fraction of sp³-hybridized carbons (Fsp3) is 0.917. The van der Waals surface area contributed by atoms with Crippen LogP contribution in [0.4, 0.5) is 0 Å². The van der Waals surface area contributed by atoms with Crippen molar-refractivity contribution in [3.8, 4) is 0 Å². The van der Waals surface area contributed by atoms with E-state index in [1.54, 1.807) is 0 Å². The molecule has 2 aliphatic heterocycles. The summed E-state index contributed by atoms with van der Waals surface area (Å²) in [6.45, 7) is 5.78. The van der Waals surface area contributed by atoms with Gasteiger partial charge in [-0.3, -0.25) is 4.79 Å². The van der Waals surface area contributed by atoms with Crippen LogP contribution in [-0.2, 0) is 9.53 Å². The van der Waals surface area contributed by atoms with Crippen molar-refractivity contribution in [3.63, 3.8) is 0 Å². The number of hydrogen-bond donors (Lipinski definition) is 2. The number of hydrogen-bond acceptors (Lipinski definition) is 4. The lowest BCUT2D eigenvalue weighted by atomic mass is 9.96. The van der Waals surface area contributed by atoms with E-state index in [1.165, 1.54) is 0 Å². The third-order valence-electron chi connectivity index (χ3n) is 3.83. The number of rotatable bonds is 3. The summed E-state index contributed by atoms with van der Waals surface area (Å²) in [5.41, 5.74) is 5.73. The summed E-state index contributed by atoms with van der Waals surface area (Å²) in [5, 5.41) is 3.28. The molecule has 3 unspecified atom stereocenters. The molecule has 5 heteroatoms. The molecule has 0 saturated carbocycles. The first-order valence-electron chi connectivity index (χ1n) is 6.60. The monoisotopic (exact) mass is 241 g/mol. The van der Waals surface area contributed by atoms with E-state index in [-0.39, 0.29) is 24.0 Å². The molecule has 0 aromatic rings. The van der Waals surface area contributed by atoms with Crippen LogP contribution in [0.5, 0.6) is 0 Å². The Hall–Kier alpha value is -0.650. The number of carbonyl (C=O) groups excluding carboxylic acids is 1. The number of ether oxygens (including phenoxy) is 1. The van der Waals surface area contributed by atoms with Crippen LogP contribution in [0.25, 0.3) is 0 Å². The minimum Gasteiger partial charge on any atom is -0.377 e. The van der Waals surface area contributed by atoms with Crippen LogP contribution in [0, 0.1) is 5.92 Å². The van der Waals surface area contributed by atoms with Gasteiger partial charge < -0.3 is 20.7 Å². The summed E-state index contributed by atoms with van der Waals surface area (Å²) >= 11 is 0. The largest absolute Gasteiger partial charge is 0.377 e.